The highest BCUT2D eigenvalue weighted by Crippen LogP contribution is 2.32. The van der Waals surface area contributed by atoms with E-state index in [0.717, 1.165) is 25.4 Å². The summed E-state index contributed by atoms with van der Waals surface area (Å²) in [6.45, 7) is 3.85. The van der Waals surface area contributed by atoms with Crippen LogP contribution in [0.5, 0.6) is 0 Å². The first-order chi connectivity index (χ1) is 11.8. The van der Waals surface area contributed by atoms with Gasteiger partial charge in [0.1, 0.15) is 0 Å². The van der Waals surface area contributed by atoms with Crippen LogP contribution in [0.15, 0.2) is 30.3 Å². The molecule has 1 aromatic carbocycles. The van der Waals surface area contributed by atoms with Crippen LogP contribution >= 0.6 is 0 Å². The van der Waals surface area contributed by atoms with E-state index in [9.17, 15) is 4.79 Å². The maximum absolute atomic E-state index is 11.8. The van der Waals surface area contributed by atoms with E-state index in [0.29, 0.717) is 12.5 Å². The molecule has 2 rings (SSSR count). The Kier molecular flexibility index (Phi) is 8.90. The van der Waals surface area contributed by atoms with Crippen molar-refractivity contribution in [2.24, 2.45) is 0 Å². The molecule has 1 saturated carbocycles. The Morgan fingerprint density at radius 2 is 1.75 bits per heavy atom. The van der Waals surface area contributed by atoms with E-state index in [1.54, 1.807) is 0 Å². The smallest absolute Gasteiger partial charge is 0.221 e. The van der Waals surface area contributed by atoms with Gasteiger partial charge in [-0.3, -0.25) is 4.79 Å². The molecule has 0 bridgehead atoms. The molecule has 0 unspecified atom stereocenters. The summed E-state index contributed by atoms with van der Waals surface area (Å²) in [4.78, 5) is 11.8. The molecule has 1 aliphatic rings. The van der Waals surface area contributed by atoms with E-state index in [4.69, 9.17) is 0 Å². The summed E-state index contributed by atoms with van der Waals surface area (Å²) in [5, 5.41) is 6.60. The van der Waals surface area contributed by atoms with Gasteiger partial charge in [-0.25, -0.2) is 0 Å². The average molecular weight is 331 g/mol. The monoisotopic (exact) mass is 330 g/mol. The van der Waals surface area contributed by atoms with Crippen molar-refractivity contribution in [3.63, 3.8) is 0 Å². The standard InChI is InChI=1S/C21H34N2O/c1-2-3-4-8-16-23-21(24)15-17-22-20-13-11-19(12-14-20)18-9-6-5-7-10-18/h5-7,9-10,19-20,22H,2-4,8,11-17H2,1H3,(H,23,24). The molecular formula is C21H34N2O. The van der Waals surface area contributed by atoms with Crippen molar-refractivity contribution in [1.82, 2.24) is 10.6 Å². The van der Waals surface area contributed by atoms with Crippen LogP contribution in [0.1, 0.15) is 76.2 Å². The molecule has 134 valence electrons. The lowest BCUT2D eigenvalue weighted by Crippen LogP contribution is -2.36. The van der Waals surface area contributed by atoms with Gasteiger partial charge in [0, 0.05) is 25.6 Å². The molecule has 0 aliphatic heterocycles. The summed E-state index contributed by atoms with van der Waals surface area (Å²) in [7, 11) is 0. The first-order valence-corrected chi connectivity index (χ1v) is 9.84. The zero-order valence-electron chi connectivity index (χ0n) is 15.2. The van der Waals surface area contributed by atoms with Crippen molar-refractivity contribution in [3.8, 4) is 0 Å². The van der Waals surface area contributed by atoms with Gasteiger partial charge < -0.3 is 10.6 Å². The molecule has 1 amide bonds. The number of amides is 1. The largest absolute Gasteiger partial charge is 0.356 e. The van der Waals surface area contributed by atoms with Crippen LogP contribution < -0.4 is 10.6 Å². The molecule has 3 heteroatoms. The van der Waals surface area contributed by atoms with Gasteiger partial charge >= 0.3 is 0 Å². The SMILES string of the molecule is CCCCCCNC(=O)CCNC1CCC(c2ccccc2)CC1. The van der Waals surface area contributed by atoms with Gasteiger partial charge in [0.25, 0.3) is 0 Å². The van der Waals surface area contributed by atoms with Crippen LogP contribution in [0.25, 0.3) is 0 Å². The van der Waals surface area contributed by atoms with Crippen LogP contribution in [0.2, 0.25) is 0 Å². The zero-order chi connectivity index (χ0) is 17.0. The van der Waals surface area contributed by atoms with Crippen LogP contribution in [-0.2, 0) is 4.79 Å². The molecule has 2 N–H and O–H groups in total. The van der Waals surface area contributed by atoms with E-state index in [-0.39, 0.29) is 5.91 Å². The van der Waals surface area contributed by atoms with Crippen LogP contribution in [0.4, 0.5) is 0 Å². The maximum atomic E-state index is 11.8. The number of hydrogen-bond donors (Lipinski definition) is 2. The molecule has 0 aromatic heterocycles. The quantitative estimate of drug-likeness (QED) is 0.625. The Labute approximate surface area is 147 Å². The lowest BCUT2D eigenvalue weighted by molar-refractivity contribution is -0.121. The van der Waals surface area contributed by atoms with Crippen LogP contribution in [-0.4, -0.2) is 25.0 Å². The second-order valence-electron chi connectivity index (χ2n) is 7.07. The minimum atomic E-state index is 0.192. The van der Waals surface area contributed by atoms with E-state index >= 15 is 0 Å². The molecule has 24 heavy (non-hydrogen) atoms. The van der Waals surface area contributed by atoms with Gasteiger partial charge in [-0.15, -0.1) is 0 Å². The zero-order valence-corrected chi connectivity index (χ0v) is 15.2. The molecule has 1 aromatic rings. The highest BCUT2D eigenvalue weighted by atomic mass is 16.1. The Morgan fingerprint density at radius 1 is 1.00 bits per heavy atom. The topological polar surface area (TPSA) is 41.1 Å². The number of hydrogen-bond acceptors (Lipinski definition) is 2. The fourth-order valence-electron chi connectivity index (χ4n) is 3.61. The lowest BCUT2D eigenvalue weighted by Gasteiger charge is -2.29. The fourth-order valence-corrected chi connectivity index (χ4v) is 3.61. The molecule has 0 radical (unpaired) electrons. The van der Waals surface area contributed by atoms with Gasteiger partial charge in [0.05, 0.1) is 0 Å². The maximum Gasteiger partial charge on any atom is 0.221 e. The van der Waals surface area contributed by atoms with E-state index < -0.39 is 0 Å². The van der Waals surface area contributed by atoms with Gasteiger partial charge in [0.15, 0.2) is 0 Å². The Hall–Kier alpha value is -1.35. The van der Waals surface area contributed by atoms with Crippen LogP contribution in [0, 0.1) is 0 Å². The molecule has 1 fully saturated rings. The number of unbranched alkanes of at least 4 members (excludes halogenated alkanes) is 3. The van der Waals surface area contributed by atoms with Gasteiger partial charge in [-0.05, 0) is 43.6 Å². The highest BCUT2D eigenvalue weighted by molar-refractivity contribution is 5.75. The van der Waals surface area contributed by atoms with E-state index in [1.165, 1.54) is 50.5 Å². The third-order valence-electron chi connectivity index (χ3n) is 5.14. The van der Waals surface area contributed by atoms with Crippen molar-refractivity contribution < 1.29 is 4.79 Å². The number of benzene rings is 1. The third kappa shape index (κ3) is 7.04. The fraction of sp³-hybridized carbons (Fsp3) is 0.667. The first-order valence-electron chi connectivity index (χ1n) is 9.84. The van der Waals surface area contributed by atoms with Crippen molar-refractivity contribution in [1.29, 1.82) is 0 Å². The predicted molar refractivity (Wildman–Crippen MR) is 101 cm³/mol. The number of nitrogens with one attached hydrogen (secondary N) is 2. The molecule has 3 nitrogen and oxygen atoms in total. The van der Waals surface area contributed by atoms with Crippen LogP contribution in [0.3, 0.4) is 0 Å². The van der Waals surface area contributed by atoms with Crippen molar-refractivity contribution in [3.05, 3.63) is 35.9 Å². The Bertz CT molecular complexity index is 452. The molecule has 0 spiro atoms. The lowest BCUT2D eigenvalue weighted by atomic mass is 9.82. The minimum Gasteiger partial charge on any atom is -0.356 e. The minimum absolute atomic E-state index is 0.192. The van der Waals surface area contributed by atoms with E-state index in [1.807, 2.05) is 0 Å². The van der Waals surface area contributed by atoms with Crippen molar-refractivity contribution in [2.75, 3.05) is 13.1 Å². The molecule has 0 atom stereocenters. The van der Waals surface area contributed by atoms with Crippen molar-refractivity contribution in [2.45, 2.75) is 76.7 Å². The highest BCUT2D eigenvalue weighted by Gasteiger charge is 2.21. The molecule has 0 heterocycles. The summed E-state index contributed by atoms with van der Waals surface area (Å²) >= 11 is 0. The van der Waals surface area contributed by atoms with Gasteiger partial charge in [-0.2, -0.15) is 0 Å². The second kappa shape index (κ2) is 11.2. The van der Waals surface area contributed by atoms with E-state index in [2.05, 4.69) is 47.9 Å². The summed E-state index contributed by atoms with van der Waals surface area (Å²) in [5.74, 6) is 0.910. The molecule has 1 aliphatic carbocycles. The summed E-state index contributed by atoms with van der Waals surface area (Å²) in [5.41, 5.74) is 1.48. The second-order valence-corrected chi connectivity index (χ2v) is 7.07. The summed E-state index contributed by atoms with van der Waals surface area (Å²) in [6.07, 6.45) is 10.4. The summed E-state index contributed by atoms with van der Waals surface area (Å²) < 4.78 is 0. The number of rotatable bonds is 10. The third-order valence-corrected chi connectivity index (χ3v) is 5.14. The van der Waals surface area contributed by atoms with Gasteiger partial charge in [0.2, 0.25) is 5.91 Å². The molecule has 0 saturated heterocycles. The number of carbonyl (C=O) groups excluding carboxylic acids is 1. The Morgan fingerprint density at radius 3 is 2.46 bits per heavy atom. The molecular weight excluding hydrogens is 296 g/mol. The van der Waals surface area contributed by atoms with Crippen molar-refractivity contribution >= 4 is 5.91 Å². The first kappa shape index (κ1) is 19.0. The normalized spacial score (nSPS) is 20.7. The van der Waals surface area contributed by atoms with Gasteiger partial charge in [-0.1, -0.05) is 56.5 Å². The number of carbonyl (C=O) groups is 1. The Balaban J connectivity index is 1.52. The predicted octanol–water partition coefficient (Wildman–Crippen LogP) is 4.39. The average Bonchev–Trinajstić information content (AvgIpc) is 2.63. The summed E-state index contributed by atoms with van der Waals surface area (Å²) in [6, 6.07) is 11.5.